The zero-order valence-electron chi connectivity index (χ0n) is 15.5. The number of nitrogens with one attached hydrogen (secondary N) is 2. The average molecular weight is 395 g/mol. The second-order valence-corrected chi connectivity index (χ2v) is 6.80. The third-order valence-corrected chi connectivity index (χ3v) is 4.36. The van der Waals surface area contributed by atoms with E-state index < -0.39 is 0 Å². The Labute approximate surface area is 170 Å². The van der Waals surface area contributed by atoms with Gasteiger partial charge in [0.2, 0.25) is 5.91 Å². The highest BCUT2D eigenvalue weighted by Gasteiger charge is 2.03. The quantitative estimate of drug-likeness (QED) is 0.484. The highest BCUT2D eigenvalue weighted by atomic mass is 35.5. The molecule has 5 heteroatoms. The predicted molar refractivity (Wildman–Crippen MR) is 114 cm³/mol. The van der Waals surface area contributed by atoms with Crippen molar-refractivity contribution in [2.24, 2.45) is 0 Å². The number of amides is 1. The first kappa shape index (κ1) is 19.9. The second kappa shape index (κ2) is 10.5. The lowest BCUT2D eigenvalue weighted by Crippen LogP contribution is -2.23. The monoisotopic (exact) mass is 394 g/mol. The molecule has 4 nitrogen and oxygen atoms in total. The molecule has 144 valence electrons. The summed E-state index contributed by atoms with van der Waals surface area (Å²) in [5.41, 5.74) is 1.94. The number of carbonyl (C=O) groups excluding carboxylic acids is 1. The summed E-state index contributed by atoms with van der Waals surface area (Å²) in [6.07, 6.45) is 1.29. The molecule has 3 rings (SSSR count). The molecule has 3 aromatic rings. The summed E-state index contributed by atoms with van der Waals surface area (Å²) in [5.74, 6) is 1.49. The van der Waals surface area contributed by atoms with Crippen LogP contribution >= 0.6 is 11.6 Å². The van der Waals surface area contributed by atoms with Crippen molar-refractivity contribution in [1.82, 2.24) is 5.32 Å². The van der Waals surface area contributed by atoms with E-state index in [0.29, 0.717) is 13.0 Å². The van der Waals surface area contributed by atoms with Gasteiger partial charge in [0, 0.05) is 23.7 Å². The van der Waals surface area contributed by atoms with Crippen molar-refractivity contribution in [2.45, 2.75) is 12.8 Å². The summed E-state index contributed by atoms with van der Waals surface area (Å²) in [7, 11) is 0. The van der Waals surface area contributed by atoms with Gasteiger partial charge in [-0.25, -0.2) is 0 Å². The number of hydrogen-bond donors (Lipinski definition) is 2. The zero-order chi connectivity index (χ0) is 19.6. The third-order valence-electron chi connectivity index (χ3n) is 4.13. The molecule has 0 saturated carbocycles. The summed E-state index contributed by atoms with van der Waals surface area (Å²) in [6.45, 7) is 1.43. The van der Waals surface area contributed by atoms with Crippen LogP contribution in [0, 0.1) is 0 Å². The van der Waals surface area contributed by atoms with E-state index >= 15 is 0 Å². The lowest BCUT2D eigenvalue weighted by molar-refractivity contribution is -0.116. The minimum absolute atomic E-state index is 0.0213. The van der Waals surface area contributed by atoms with Gasteiger partial charge in [0.15, 0.2) is 0 Å². The molecular weight excluding hydrogens is 372 g/mol. The van der Waals surface area contributed by atoms with E-state index in [1.807, 2.05) is 78.9 Å². The number of hydrogen-bond acceptors (Lipinski definition) is 3. The summed E-state index contributed by atoms with van der Waals surface area (Å²) in [4.78, 5) is 12.1. The molecule has 0 saturated heterocycles. The number of carbonyl (C=O) groups is 1. The first-order chi connectivity index (χ1) is 13.7. The number of rotatable bonds is 9. The van der Waals surface area contributed by atoms with Crippen LogP contribution in [0.1, 0.15) is 12.0 Å². The van der Waals surface area contributed by atoms with Crippen molar-refractivity contribution in [3.63, 3.8) is 0 Å². The van der Waals surface area contributed by atoms with Crippen molar-refractivity contribution >= 4 is 23.2 Å². The first-order valence-corrected chi connectivity index (χ1v) is 9.65. The van der Waals surface area contributed by atoms with Gasteiger partial charge in [-0.2, -0.15) is 0 Å². The average Bonchev–Trinajstić information content (AvgIpc) is 2.70. The molecule has 0 aliphatic heterocycles. The normalized spacial score (nSPS) is 10.5. The number of ether oxygens (including phenoxy) is 1. The van der Waals surface area contributed by atoms with E-state index in [1.54, 1.807) is 0 Å². The Hall–Kier alpha value is -2.82. The van der Waals surface area contributed by atoms with Crippen molar-refractivity contribution in [2.75, 3.05) is 18.4 Å². The van der Waals surface area contributed by atoms with Crippen LogP contribution < -0.4 is 15.4 Å². The minimum Gasteiger partial charge on any atom is -0.457 e. The fourth-order valence-electron chi connectivity index (χ4n) is 2.71. The van der Waals surface area contributed by atoms with Crippen molar-refractivity contribution < 1.29 is 9.53 Å². The zero-order valence-corrected chi connectivity index (χ0v) is 16.3. The molecule has 0 radical (unpaired) electrons. The molecule has 2 N–H and O–H groups in total. The van der Waals surface area contributed by atoms with E-state index in [0.717, 1.165) is 35.2 Å². The summed E-state index contributed by atoms with van der Waals surface area (Å²) in [6, 6.07) is 24.8. The minimum atomic E-state index is -0.0213. The lowest BCUT2D eigenvalue weighted by Gasteiger charge is -2.09. The summed E-state index contributed by atoms with van der Waals surface area (Å²) < 4.78 is 5.74. The van der Waals surface area contributed by atoms with E-state index in [-0.39, 0.29) is 5.91 Å². The van der Waals surface area contributed by atoms with Gasteiger partial charge in [0.05, 0.1) is 0 Å². The molecule has 1 amide bonds. The Balaban J connectivity index is 1.35. The molecule has 0 spiro atoms. The topological polar surface area (TPSA) is 50.4 Å². The molecule has 0 aliphatic carbocycles. The molecule has 0 aromatic heterocycles. The smallest absolute Gasteiger partial charge is 0.225 e. The molecule has 0 aliphatic rings. The molecule has 28 heavy (non-hydrogen) atoms. The van der Waals surface area contributed by atoms with Crippen LogP contribution in [0.25, 0.3) is 0 Å². The van der Waals surface area contributed by atoms with E-state index in [4.69, 9.17) is 16.3 Å². The number of anilines is 1. The molecular formula is C23H23ClN2O2. The SMILES string of the molecule is O=C(CCNCCc1cccc(Cl)c1)Nc1ccc(Oc2ccccc2)cc1. The Morgan fingerprint density at radius 2 is 1.61 bits per heavy atom. The van der Waals surface area contributed by atoms with Gasteiger partial charge in [-0.3, -0.25) is 4.79 Å². The van der Waals surface area contributed by atoms with Crippen LogP contribution in [0.4, 0.5) is 5.69 Å². The lowest BCUT2D eigenvalue weighted by atomic mass is 10.1. The third kappa shape index (κ3) is 6.72. The van der Waals surface area contributed by atoms with Gasteiger partial charge < -0.3 is 15.4 Å². The highest BCUT2D eigenvalue weighted by molar-refractivity contribution is 6.30. The van der Waals surface area contributed by atoms with Crippen LogP contribution in [0.3, 0.4) is 0 Å². The summed E-state index contributed by atoms with van der Waals surface area (Å²) >= 11 is 5.97. The van der Waals surface area contributed by atoms with E-state index in [9.17, 15) is 4.79 Å². The Morgan fingerprint density at radius 1 is 0.857 bits per heavy atom. The standard InChI is InChI=1S/C23H23ClN2O2/c24-19-6-4-5-18(17-19)13-15-25-16-14-23(27)26-20-9-11-22(12-10-20)28-21-7-2-1-3-8-21/h1-12,17,25H,13-16H2,(H,26,27). The Bertz CT molecular complexity index is 883. The number of halogens is 1. The van der Waals surface area contributed by atoms with Crippen LogP contribution in [-0.2, 0) is 11.2 Å². The predicted octanol–water partition coefficient (Wildman–Crippen LogP) is 5.29. The fourth-order valence-corrected chi connectivity index (χ4v) is 2.92. The largest absolute Gasteiger partial charge is 0.457 e. The van der Waals surface area contributed by atoms with Crippen LogP contribution in [0.15, 0.2) is 78.9 Å². The maximum absolute atomic E-state index is 12.1. The van der Waals surface area contributed by atoms with Crippen molar-refractivity contribution in [3.05, 3.63) is 89.4 Å². The van der Waals surface area contributed by atoms with Gasteiger partial charge in [-0.15, -0.1) is 0 Å². The van der Waals surface area contributed by atoms with Crippen molar-refractivity contribution in [1.29, 1.82) is 0 Å². The van der Waals surface area contributed by atoms with Crippen molar-refractivity contribution in [3.8, 4) is 11.5 Å². The van der Waals surface area contributed by atoms with Gasteiger partial charge in [-0.1, -0.05) is 41.9 Å². The maximum atomic E-state index is 12.1. The van der Waals surface area contributed by atoms with Gasteiger partial charge in [0.25, 0.3) is 0 Å². The van der Waals surface area contributed by atoms with Crippen LogP contribution in [-0.4, -0.2) is 19.0 Å². The maximum Gasteiger partial charge on any atom is 0.225 e. The van der Waals surface area contributed by atoms with E-state index in [1.165, 1.54) is 5.56 Å². The fraction of sp³-hybridized carbons (Fsp3) is 0.174. The first-order valence-electron chi connectivity index (χ1n) is 9.27. The molecule has 0 bridgehead atoms. The molecule has 0 atom stereocenters. The van der Waals surface area contributed by atoms with Gasteiger partial charge in [-0.05, 0) is 67.1 Å². The summed E-state index contributed by atoms with van der Waals surface area (Å²) in [5, 5.41) is 6.93. The van der Waals surface area contributed by atoms with Crippen LogP contribution in [0.5, 0.6) is 11.5 Å². The second-order valence-electron chi connectivity index (χ2n) is 6.37. The highest BCUT2D eigenvalue weighted by Crippen LogP contribution is 2.22. The molecule has 0 heterocycles. The van der Waals surface area contributed by atoms with Gasteiger partial charge >= 0.3 is 0 Å². The Morgan fingerprint density at radius 3 is 2.36 bits per heavy atom. The Kier molecular flexibility index (Phi) is 7.47. The molecule has 0 fully saturated rings. The number of para-hydroxylation sites is 1. The van der Waals surface area contributed by atoms with E-state index in [2.05, 4.69) is 10.6 Å². The van der Waals surface area contributed by atoms with Crippen LogP contribution in [0.2, 0.25) is 5.02 Å². The van der Waals surface area contributed by atoms with Gasteiger partial charge in [0.1, 0.15) is 11.5 Å². The molecule has 0 unspecified atom stereocenters. The number of benzene rings is 3. The molecule has 3 aromatic carbocycles.